The van der Waals surface area contributed by atoms with Gasteiger partial charge in [-0.1, -0.05) is 33.1 Å². The fourth-order valence-electron chi connectivity index (χ4n) is 2.12. The van der Waals surface area contributed by atoms with Gasteiger partial charge in [0, 0.05) is 13.6 Å². The van der Waals surface area contributed by atoms with Crippen LogP contribution in [0.15, 0.2) is 9.59 Å². The molecule has 1 rings (SSSR count). The Morgan fingerprint density at radius 2 is 1.88 bits per heavy atom. The quantitative estimate of drug-likeness (QED) is 0.786. The highest BCUT2D eigenvalue weighted by Gasteiger charge is 2.12. The third-order valence-electron chi connectivity index (χ3n) is 3.16. The molecule has 1 unspecified atom stereocenters. The van der Waals surface area contributed by atoms with E-state index in [0.717, 1.165) is 23.8 Å². The standard InChI is InChI=1S/C12H23N3O2/c1-4-6-8-10(7-5-2)9-15-12(17)14(3)11(16)13-15/h10H,4-9H2,1-3H3,(H,13,16). The SMILES string of the molecule is CCCCC(CCC)Cn1[nH]c(=O)n(C)c1=O. The lowest BCUT2D eigenvalue weighted by atomic mass is 9.97. The molecule has 1 atom stereocenters. The normalized spacial score (nSPS) is 12.9. The lowest BCUT2D eigenvalue weighted by Crippen LogP contribution is -2.27. The number of unbranched alkanes of at least 4 members (excludes halogenated alkanes) is 1. The fourth-order valence-corrected chi connectivity index (χ4v) is 2.12. The number of hydrogen-bond donors (Lipinski definition) is 1. The number of nitrogens with one attached hydrogen (secondary N) is 1. The van der Waals surface area contributed by atoms with E-state index >= 15 is 0 Å². The van der Waals surface area contributed by atoms with Gasteiger partial charge in [0.05, 0.1) is 0 Å². The molecule has 0 aromatic carbocycles. The van der Waals surface area contributed by atoms with Gasteiger partial charge < -0.3 is 0 Å². The average Bonchev–Trinajstić information content (AvgIpc) is 2.54. The predicted molar refractivity (Wildman–Crippen MR) is 68.2 cm³/mol. The van der Waals surface area contributed by atoms with Gasteiger partial charge in [-0.05, 0) is 18.8 Å². The fraction of sp³-hybridized carbons (Fsp3) is 0.833. The van der Waals surface area contributed by atoms with Crippen molar-refractivity contribution in [3.05, 3.63) is 21.0 Å². The summed E-state index contributed by atoms with van der Waals surface area (Å²) in [5.41, 5.74) is -0.576. The first-order valence-electron chi connectivity index (χ1n) is 6.46. The molecule has 1 aromatic rings. The predicted octanol–water partition coefficient (Wildman–Crippen LogP) is 1.48. The summed E-state index contributed by atoms with van der Waals surface area (Å²) in [7, 11) is 1.50. The Morgan fingerprint density at radius 3 is 2.35 bits per heavy atom. The van der Waals surface area contributed by atoms with Gasteiger partial charge in [0.15, 0.2) is 0 Å². The van der Waals surface area contributed by atoms with Crippen molar-refractivity contribution in [1.29, 1.82) is 0 Å². The van der Waals surface area contributed by atoms with E-state index in [1.54, 1.807) is 0 Å². The summed E-state index contributed by atoms with van der Waals surface area (Å²) in [6.45, 7) is 4.94. The molecule has 0 aliphatic carbocycles. The summed E-state index contributed by atoms with van der Waals surface area (Å²) in [4.78, 5) is 23.0. The zero-order chi connectivity index (χ0) is 12.8. The van der Waals surface area contributed by atoms with Gasteiger partial charge in [-0.3, -0.25) is 0 Å². The first-order chi connectivity index (χ1) is 8.10. The van der Waals surface area contributed by atoms with E-state index in [9.17, 15) is 9.59 Å². The summed E-state index contributed by atoms with van der Waals surface area (Å²) in [6.07, 6.45) is 5.67. The van der Waals surface area contributed by atoms with E-state index in [4.69, 9.17) is 0 Å². The van der Waals surface area contributed by atoms with Gasteiger partial charge in [-0.15, -0.1) is 0 Å². The third kappa shape index (κ3) is 3.61. The molecule has 0 saturated carbocycles. The minimum absolute atomic E-state index is 0.243. The monoisotopic (exact) mass is 241 g/mol. The van der Waals surface area contributed by atoms with Crippen molar-refractivity contribution < 1.29 is 0 Å². The Balaban J connectivity index is 2.74. The first-order valence-corrected chi connectivity index (χ1v) is 6.46. The maximum Gasteiger partial charge on any atom is 0.346 e. The molecule has 0 bridgehead atoms. The lowest BCUT2D eigenvalue weighted by molar-refractivity contribution is 0.350. The van der Waals surface area contributed by atoms with Gasteiger partial charge in [0.1, 0.15) is 0 Å². The summed E-state index contributed by atoms with van der Waals surface area (Å²) in [5.74, 6) is 0.482. The molecular weight excluding hydrogens is 218 g/mol. The average molecular weight is 241 g/mol. The molecule has 5 heteroatoms. The molecule has 17 heavy (non-hydrogen) atoms. The molecule has 0 amide bonds. The van der Waals surface area contributed by atoms with Crippen LogP contribution in [0.3, 0.4) is 0 Å². The molecule has 0 radical (unpaired) electrons. The molecule has 5 nitrogen and oxygen atoms in total. The van der Waals surface area contributed by atoms with Crippen LogP contribution < -0.4 is 11.4 Å². The number of H-pyrrole nitrogens is 1. The molecule has 1 heterocycles. The molecule has 0 spiro atoms. The highest BCUT2D eigenvalue weighted by Crippen LogP contribution is 2.15. The third-order valence-corrected chi connectivity index (χ3v) is 3.16. The summed E-state index contributed by atoms with van der Waals surface area (Å²) >= 11 is 0. The Bertz CT molecular complexity index is 441. The van der Waals surface area contributed by atoms with Crippen LogP contribution in [0.2, 0.25) is 0 Å². The van der Waals surface area contributed by atoms with Crippen LogP contribution in [0.4, 0.5) is 0 Å². The van der Waals surface area contributed by atoms with Crippen molar-refractivity contribution in [3.63, 3.8) is 0 Å². The Kier molecular flexibility index (Phi) is 5.25. The molecule has 0 saturated heterocycles. The second-order valence-corrected chi connectivity index (χ2v) is 4.67. The Morgan fingerprint density at radius 1 is 1.18 bits per heavy atom. The van der Waals surface area contributed by atoms with Crippen LogP contribution in [0.25, 0.3) is 0 Å². The maximum atomic E-state index is 11.7. The number of hydrogen-bond acceptors (Lipinski definition) is 2. The Labute approximate surface area is 101 Å². The van der Waals surface area contributed by atoms with E-state index < -0.39 is 0 Å². The highest BCUT2D eigenvalue weighted by atomic mass is 16.2. The van der Waals surface area contributed by atoms with Crippen LogP contribution in [0, 0.1) is 5.92 Å². The molecule has 1 N–H and O–H groups in total. The Hall–Kier alpha value is -1.26. The summed E-state index contributed by atoms with van der Waals surface area (Å²) < 4.78 is 2.56. The molecule has 0 aliphatic rings. The van der Waals surface area contributed by atoms with Crippen molar-refractivity contribution in [2.45, 2.75) is 52.5 Å². The van der Waals surface area contributed by atoms with Crippen LogP contribution in [0.1, 0.15) is 46.0 Å². The van der Waals surface area contributed by atoms with E-state index in [-0.39, 0.29) is 11.4 Å². The van der Waals surface area contributed by atoms with Gasteiger partial charge in [0.2, 0.25) is 0 Å². The van der Waals surface area contributed by atoms with E-state index in [0.29, 0.717) is 12.5 Å². The zero-order valence-corrected chi connectivity index (χ0v) is 11.0. The van der Waals surface area contributed by atoms with Gasteiger partial charge in [0.25, 0.3) is 0 Å². The van der Waals surface area contributed by atoms with Crippen molar-refractivity contribution in [2.75, 3.05) is 0 Å². The van der Waals surface area contributed by atoms with E-state index in [1.165, 1.54) is 24.6 Å². The largest absolute Gasteiger partial charge is 0.346 e. The van der Waals surface area contributed by atoms with Crippen LogP contribution in [-0.4, -0.2) is 14.3 Å². The smallest absolute Gasteiger partial charge is 0.246 e. The van der Waals surface area contributed by atoms with Crippen molar-refractivity contribution in [1.82, 2.24) is 14.3 Å². The number of rotatable bonds is 7. The molecule has 98 valence electrons. The number of aromatic nitrogens is 3. The number of nitrogens with zero attached hydrogens (tertiary/aromatic N) is 2. The topological polar surface area (TPSA) is 59.8 Å². The second-order valence-electron chi connectivity index (χ2n) is 4.67. The lowest BCUT2D eigenvalue weighted by Gasteiger charge is -2.15. The van der Waals surface area contributed by atoms with Crippen molar-refractivity contribution >= 4 is 0 Å². The first kappa shape index (κ1) is 13.8. The van der Waals surface area contributed by atoms with Gasteiger partial charge >= 0.3 is 11.4 Å². The van der Waals surface area contributed by atoms with Crippen LogP contribution in [0.5, 0.6) is 0 Å². The summed E-state index contributed by atoms with van der Waals surface area (Å²) in [6, 6.07) is 0. The molecular formula is C12H23N3O2. The van der Waals surface area contributed by atoms with E-state index in [2.05, 4.69) is 18.9 Å². The number of aromatic amines is 1. The van der Waals surface area contributed by atoms with Crippen molar-refractivity contribution in [2.24, 2.45) is 13.0 Å². The molecule has 0 aliphatic heterocycles. The summed E-state index contributed by atoms with van der Waals surface area (Å²) in [5, 5.41) is 2.59. The van der Waals surface area contributed by atoms with E-state index in [1.807, 2.05) is 0 Å². The zero-order valence-electron chi connectivity index (χ0n) is 11.0. The molecule has 1 aromatic heterocycles. The highest BCUT2D eigenvalue weighted by molar-refractivity contribution is 4.69. The second kappa shape index (κ2) is 6.47. The van der Waals surface area contributed by atoms with Crippen LogP contribution in [-0.2, 0) is 13.6 Å². The molecule has 0 fully saturated rings. The minimum atomic E-state index is -0.333. The van der Waals surface area contributed by atoms with Crippen molar-refractivity contribution in [3.8, 4) is 0 Å². The van der Waals surface area contributed by atoms with Gasteiger partial charge in [-0.2, -0.15) is 0 Å². The maximum absolute atomic E-state index is 11.7. The van der Waals surface area contributed by atoms with Crippen LogP contribution >= 0.6 is 0 Å². The minimum Gasteiger partial charge on any atom is -0.246 e. The van der Waals surface area contributed by atoms with Gasteiger partial charge in [-0.25, -0.2) is 23.9 Å².